The Labute approximate surface area is 159 Å². The third-order valence-electron chi connectivity index (χ3n) is 3.71. The molecule has 26 heavy (non-hydrogen) atoms. The third-order valence-corrected chi connectivity index (χ3v) is 4.38. The summed E-state index contributed by atoms with van der Waals surface area (Å²) in [6.07, 6.45) is 1.95. The molecule has 2 aromatic carbocycles. The van der Waals surface area contributed by atoms with E-state index in [2.05, 4.69) is 0 Å². The molecule has 1 aromatic heterocycles. The first-order valence-corrected chi connectivity index (χ1v) is 8.38. The highest BCUT2D eigenvalue weighted by Gasteiger charge is 2.13. The number of rotatable bonds is 6. The third kappa shape index (κ3) is 4.12. The molecule has 3 rings (SSSR count). The zero-order valence-corrected chi connectivity index (χ0v) is 14.9. The molecule has 134 valence electrons. The number of hydrogen-bond acceptors (Lipinski definition) is 4. The predicted octanol–water partition coefficient (Wildman–Crippen LogP) is 5.01. The standard InChI is InChI=1S/C19H14Cl2O5/c20-15-8-12(26-10-19(23)24)9-16(21)13(15)6-11-3-4-17(22)14(7-11)18-2-1-5-25-18/h1-5,7-9,22H,6,10H2,(H,23,24). The number of benzene rings is 2. The summed E-state index contributed by atoms with van der Waals surface area (Å²) < 4.78 is 10.4. The summed E-state index contributed by atoms with van der Waals surface area (Å²) >= 11 is 12.6. The number of carboxylic acid groups (broad SMARTS) is 1. The minimum Gasteiger partial charge on any atom is -0.507 e. The number of furan rings is 1. The predicted molar refractivity (Wildman–Crippen MR) is 98.2 cm³/mol. The van der Waals surface area contributed by atoms with E-state index in [0.29, 0.717) is 33.4 Å². The van der Waals surface area contributed by atoms with Gasteiger partial charge in [0.05, 0.1) is 11.8 Å². The van der Waals surface area contributed by atoms with Gasteiger partial charge >= 0.3 is 5.97 Å². The largest absolute Gasteiger partial charge is 0.507 e. The molecule has 0 spiro atoms. The van der Waals surface area contributed by atoms with E-state index < -0.39 is 12.6 Å². The van der Waals surface area contributed by atoms with Gasteiger partial charge in [0.15, 0.2) is 6.61 Å². The van der Waals surface area contributed by atoms with Crippen LogP contribution in [0.2, 0.25) is 10.0 Å². The summed E-state index contributed by atoms with van der Waals surface area (Å²) in [4.78, 5) is 10.6. The maximum atomic E-state index is 10.6. The lowest BCUT2D eigenvalue weighted by atomic mass is 10.0. The summed E-state index contributed by atoms with van der Waals surface area (Å²) in [5.41, 5.74) is 2.12. The summed E-state index contributed by atoms with van der Waals surface area (Å²) in [5.74, 6) is -0.138. The number of phenolic OH excluding ortho intramolecular Hbond substituents is 1. The van der Waals surface area contributed by atoms with Crippen molar-refractivity contribution < 1.29 is 24.2 Å². The molecule has 0 radical (unpaired) electrons. The van der Waals surface area contributed by atoms with E-state index in [1.807, 2.05) is 0 Å². The Kier molecular flexibility index (Phi) is 5.40. The number of aliphatic carboxylic acids is 1. The molecule has 0 bridgehead atoms. The van der Waals surface area contributed by atoms with Crippen LogP contribution >= 0.6 is 23.2 Å². The normalized spacial score (nSPS) is 10.7. The monoisotopic (exact) mass is 392 g/mol. The fourth-order valence-electron chi connectivity index (χ4n) is 2.50. The van der Waals surface area contributed by atoms with Crippen molar-refractivity contribution in [3.05, 3.63) is 69.9 Å². The Hall–Kier alpha value is -2.63. The number of hydrogen-bond donors (Lipinski definition) is 2. The van der Waals surface area contributed by atoms with Crippen molar-refractivity contribution in [2.75, 3.05) is 6.61 Å². The minimum absolute atomic E-state index is 0.110. The summed E-state index contributed by atoms with van der Waals surface area (Å²) in [6.45, 7) is -0.476. The van der Waals surface area contributed by atoms with Crippen LogP contribution in [0.5, 0.6) is 11.5 Å². The summed E-state index contributed by atoms with van der Waals surface area (Å²) in [5, 5.41) is 19.4. The Bertz CT molecular complexity index is 912. The molecule has 0 amide bonds. The van der Waals surface area contributed by atoms with Crippen molar-refractivity contribution in [1.29, 1.82) is 0 Å². The molecule has 1 heterocycles. The molecule has 0 aliphatic rings. The van der Waals surface area contributed by atoms with Gasteiger partial charge in [-0.1, -0.05) is 29.3 Å². The van der Waals surface area contributed by atoms with Crippen molar-refractivity contribution in [2.24, 2.45) is 0 Å². The van der Waals surface area contributed by atoms with Crippen molar-refractivity contribution in [3.8, 4) is 22.8 Å². The molecule has 0 aliphatic carbocycles. The molecule has 2 N–H and O–H groups in total. The van der Waals surface area contributed by atoms with E-state index in [4.69, 9.17) is 37.5 Å². The Morgan fingerprint density at radius 2 is 1.85 bits per heavy atom. The van der Waals surface area contributed by atoms with Crippen molar-refractivity contribution >= 4 is 29.2 Å². The lowest BCUT2D eigenvalue weighted by molar-refractivity contribution is -0.139. The van der Waals surface area contributed by atoms with Gasteiger partial charge in [0.2, 0.25) is 0 Å². The van der Waals surface area contributed by atoms with Gasteiger partial charge in [0.25, 0.3) is 0 Å². The van der Waals surface area contributed by atoms with E-state index >= 15 is 0 Å². The van der Waals surface area contributed by atoms with Gasteiger partial charge in [-0.15, -0.1) is 0 Å². The van der Waals surface area contributed by atoms with Gasteiger partial charge in [-0.2, -0.15) is 0 Å². The average molecular weight is 393 g/mol. The molecule has 0 fully saturated rings. The first-order chi connectivity index (χ1) is 12.4. The van der Waals surface area contributed by atoms with E-state index in [0.717, 1.165) is 5.56 Å². The maximum absolute atomic E-state index is 10.6. The lowest BCUT2D eigenvalue weighted by Gasteiger charge is -2.12. The Morgan fingerprint density at radius 1 is 1.12 bits per heavy atom. The molecule has 0 saturated carbocycles. The van der Waals surface area contributed by atoms with Crippen LogP contribution in [0.1, 0.15) is 11.1 Å². The molecular formula is C19H14Cl2O5. The molecule has 3 aromatic rings. The van der Waals surface area contributed by atoms with Crippen LogP contribution in [-0.4, -0.2) is 22.8 Å². The van der Waals surface area contributed by atoms with Crippen LogP contribution in [0.4, 0.5) is 0 Å². The Balaban J connectivity index is 1.87. The van der Waals surface area contributed by atoms with E-state index in [1.54, 1.807) is 30.3 Å². The van der Waals surface area contributed by atoms with Crippen LogP contribution in [0.25, 0.3) is 11.3 Å². The second-order valence-electron chi connectivity index (χ2n) is 5.55. The topological polar surface area (TPSA) is 79.9 Å². The van der Waals surface area contributed by atoms with E-state index in [-0.39, 0.29) is 11.5 Å². The molecule has 0 saturated heterocycles. The van der Waals surface area contributed by atoms with Crippen LogP contribution in [0.15, 0.2) is 53.1 Å². The van der Waals surface area contributed by atoms with Crippen molar-refractivity contribution in [3.63, 3.8) is 0 Å². The zero-order valence-electron chi connectivity index (χ0n) is 13.4. The van der Waals surface area contributed by atoms with Gasteiger partial charge in [-0.25, -0.2) is 4.79 Å². The minimum atomic E-state index is -1.09. The molecular weight excluding hydrogens is 379 g/mol. The smallest absolute Gasteiger partial charge is 0.341 e. The SMILES string of the molecule is O=C(O)COc1cc(Cl)c(Cc2ccc(O)c(-c3ccco3)c2)c(Cl)c1. The van der Waals surface area contributed by atoms with Gasteiger partial charge in [-0.3, -0.25) is 0 Å². The average Bonchev–Trinajstić information content (AvgIpc) is 3.12. The Morgan fingerprint density at radius 3 is 2.46 bits per heavy atom. The lowest BCUT2D eigenvalue weighted by Crippen LogP contribution is -2.09. The number of aromatic hydroxyl groups is 1. The second-order valence-corrected chi connectivity index (χ2v) is 6.37. The summed E-state index contributed by atoms with van der Waals surface area (Å²) in [7, 11) is 0. The molecule has 0 atom stereocenters. The van der Waals surface area contributed by atoms with Gasteiger partial charge in [0.1, 0.15) is 17.3 Å². The molecule has 0 aliphatic heterocycles. The number of carboxylic acids is 1. The van der Waals surface area contributed by atoms with Crippen LogP contribution in [-0.2, 0) is 11.2 Å². The fraction of sp³-hybridized carbons (Fsp3) is 0.105. The molecule has 0 unspecified atom stereocenters. The first-order valence-electron chi connectivity index (χ1n) is 7.62. The van der Waals surface area contributed by atoms with Crippen molar-refractivity contribution in [1.82, 2.24) is 0 Å². The van der Waals surface area contributed by atoms with Gasteiger partial charge < -0.3 is 19.4 Å². The fourth-order valence-corrected chi connectivity index (χ4v) is 3.10. The zero-order chi connectivity index (χ0) is 18.7. The van der Waals surface area contributed by atoms with E-state index in [9.17, 15) is 9.90 Å². The van der Waals surface area contributed by atoms with Crippen LogP contribution in [0.3, 0.4) is 0 Å². The highest BCUT2D eigenvalue weighted by atomic mass is 35.5. The van der Waals surface area contributed by atoms with Gasteiger partial charge in [0, 0.05) is 16.5 Å². The quantitative estimate of drug-likeness (QED) is 0.615. The highest BCUT2D eigenvalue weighted by Crippen LogP contribution is 2.35. The van der Waals surface area contributed by atoms with Crippen molar-refractivity contribution in [2.45, 2.75) is 6.42 Å². The maximum Gasteiger partial charge on any atom is 0.341 e. The summed E-state index contributed by atoms with van der Waals surface area (Å²) in [6, 6.07) is 11.7. The first kappa shape index (κ1) is 18.2. The van der Waals surface area contributed by atoms with Crippen LogP contribution < -0.4 is 4.74 Å². The number of phenols is 1. The van der Waals surface area contributed by atoms with Crippen LogP contribution in [0, 0.1) is 0 Å². The van der Waals surface area contributed by atoms with E-state index in [1.165, 1.54) is 18.4 Å². The number of ether oxygens (including phenoxy) is 1. The second kappa shape index (κ2) is 7.72. The number of carbonyl (C=O) groups is 1. The molecule has 5 nitrogen and oxygen atoms in total. The highest BCUT2D eigenvalue weighted by molar-refractivity contribution is 6.36. The van der Waals surface area contributed by atoms with Gasteiger partial charge in [-0.05, 0) is 47.5 Å². The molecule has 7 heteroatoms. The number of halogens is 2.